The smallest absolute Gasteiger partial charge is 0.254 e. The first-order valence-electron chi connectivity index (χ1n) is 9.07. The maximum atomic E-state index is 13.4. The number of carbonyl (C=O) groups excluding carboxylic acids is 1. The van der Waals surface area contributed by atoms with E-state index in [4.69, 9.17) is 0 Å². The number of phenolic OH excluding ortho intramolecular Hbond substituents is 1. The van der Waals surface area contributed by atoms with Crippen molar-refractivity contribution in [2.24, 2.45) is 0 Å². The van der Waals surface area contributed by atoms with E-state index in [2.05, 4.69) is 5.32 Å². The number of carbonyl (C=O) groups is 1. The van der Waals surface area contributed by atoms with Gasteiger partial charge in [-0.05, 0) is 55.0 Å². The molecular weight excluding hydrogens is 374 g/mol. The fourth-order valence-electron chi connectivity index (χ4n) is 3.52. The van der Waals surface area contributed by atoms with Crippen LogP contribution in [-0.2, 0) is 6.54 Å². The van der Waals surface area contributed by atoms with Crippen molar-refractivity contribution in [3.05, 3.63) is 95.2 Å². The van der Waals surface area contributed by atoms with Gasteiger partial charge >= 0.3 is 0 Å². The number of phenols is 1. The molecule has 0 unspecified atom stereocenters. The summed E-state index contributed by atoms with van der Waals surface area (Å²) in [5, 5.41) is 13.3. The minimum absolute atomic E-state index is 0.0479. The van der Waals surface area contributed by atoms with Gasteiger partial charge in [-0.15, -0.1) is 0 Å². The first-order chi connectivity index (χ1) is 14.0. The number of nitrogens with one attached hydrogen (secondary N) is 1. The van der Waals surface area contributed by atoms with Gasteiger partial charge in [0.15, 0.2) is 11.6 Å². The number of rotatable bonds is 4. The van der Waals surface area contributed by atoms with Crippen LogP contribution in [0.25, 0.3) is 16.6 Å². The van der Waals surface area contributed by atoms with Crippen molar-refractivity contribution in [1.29, 1.82) is 0 Å². The average molecular weight is 392 g/mol. The van der Waals surface area contributed by atoms with Crippen LogP contribution in [0.1, 0.15) is 21.6 Å². The maximum Gasteiger partial charge on any atom is 0.254 e. The first-order valence-corrected chi connectivity index (χ1v) is 9.07. The summed E-state index contributed by atoms with van der Waals surface area (Å²) >= 11 is 0. The van der Waals surface area contributed by atoms with Crippen LogP contribution in [-0.4, -0.2) is 15.6 Å². The Kier molecular flexibility index (Phi) is 4.76. The highest BCUT2D eigenvalue weighted by atomic mass is 19.2. The Hall–Kier alpha value is -3.67. The molecule has 4 rings (SSSR count). The van der Waals surface area contributed by atoms with E-state index in [1.54, 1.807) is 18.2 Å². The summed E-state index contributed by atoms with van der Waals surface area (Å²) in [6.07, 6.45) is 0. The number of para-hydroxylation sites is 1. The molecule has 0 saturated carbocycles. The van der Waals surface area contributed by atoms with Crippen molar-refractivity contribution in [2.45, 2.75) is 13.5 Å². The topological polar surface area (TPSA) is 54.3 Å². The third kappa shape index (κ3) is 3.45. The maximum absolute atomic E-state index is 13.4. The molecule has 4 aromatic rings. The normalized spacial score (nSPS) is 11.0. The highest BCUT2D eigenvalue weighted by molar-refractivity contribution is 6.09. The molecule has 0 spiro atoms. The number of aromatic hydroxyl groups is 1. The molecule has 1 aromatic heterocycles. The number of amides is 1. The summed E-state index contributed by atoms with van der Waals surface area (Å²) in [5.41, 5.74) is 3.25. The van der Waals surface area contributed by atoms with E-state index in [0.29, 0.717) is 22.2 Å². The number of hydrogen-bond acceptors (Lipinski definition) is 2. The lowest BCUT2D eigenvalue weighted by atomic mass is 10.1. The third-order valence-corrected chi connectivity index (χ3v) is 4.87. The second-order valence-electron chi connectivity index (χ2n) is 6.76. The average Bonchev–Trinajstić information content (AvgIpc) is 3.00. The lowest BCUT2D eigenvalue weighted by Gasteiger charge is -2.09. The van der Waals surface area contributed by atoms with Gasteiger partial charge in [0.05, 0.1) is 11.1 Å². The summed E-state index contributed by atoms with van der Waals surface area (Å²) in [5.74, 6) is -2.20. The Morgan fingerprint density at radius 1 is 1.00 bits per heavy atom. The fourth-order valence-corrected chi connectivity index (χ4v) is 3.52. The number of fused-ring (bicyclic) bond motifs is 1. The SMILES string of the molecule is Cc1c(C(=O)NCc2ccc(F)c(F)c2)c2cc(O)ccc2n1-c1ccccc1. The van der Waals surface area contributed by atoms with Crippen molar-refractivity contribution in [3.8, 4) is 11.4 Å². The monoisotopic (exact) mass is 392 g/mol. The number of aromatic nitrogens is 1. The largest absolute Gasteiger partial charge is 0.508 e. The summed E-state index contributed by atoms with van der Waals surface area (Å²) in [7, 11) is 0. The third-order valence-electron chi connectivity index (χ3n) is 4.87. The summed E-state index contributed by atoms with van der Waals surface area (Å²) in [6.45, 7) is 1.88. The fraction of sp³-hybridized carbons (Fsp3) is 0.0870. The van der Waals surface area contributed by atoms with E-state index in [9.17, 15) is 18.7 Å². The highest BCUT2D eigenvalue weighted by Crippen LogP contribution is 2.31. The molecule has 2 N–H and O–H groups in total. The van der Waals surface area contributed by atoms with Crippen LogP contribution >= 0.6 is 0 Å². The van der Waals surface area contributed by atoms with Gasteiger partial charge in [-0.1, -0.05) is 24.3 Å². The van der Waals surface area contributed by atoms with Gasteiger partial charge in [-0.3, -0.25) is 4.79 Å². The minimum atomic E-state index is -0.960. The van der Waals surface area contributed by atoms with E-state index < -0.39 is 11.6 Å². The molecule has 146 valence electrons. The van der Waals surface area contributed by atoms with Crippen LogP contribution in [0, 0.1) is 18.6 Å². The second-order valence-corrected chi connectivity index (χ2v) is 6.76. The van der Waals surface area contributed by atoms with Crippen LogP contribution in [0.2, 0.25) is 0 Å². The molecular formula is C23H18F2N2O2. The van der Waals surface area contributed by atoms with Crippen molar-refractivity contribution in [3.63, 3.8) is 0 Å². The minimum Gasteiger partial charge on any atom is -0.508 e. The predicted octanol–water partition coefficient (Wildman–Crippen LogP) is 4.85. The van der Waals surface area contributed by atoms with E-state index in [-0.39, 0.29) is 18.2 Å². The Morgan fingerprint density at radius 3 is 2.48 bits per heavy atom. The molecule has 0 bridgehead atoms. The van der Waals surface area contributed by atoms with E-state index in [1.165, 1.54) is 6.07 Å². The molecule has 1 amide bonds. The lowest BCUT2D eigenvalue weighted by Crippen LogP contribution is -2.23. The summed E-state index contributed by atoms with van der Waals surface area (Å²) in [4.78, 5) is 13.0. The zero-order chi connectivity index (χ0) is 20.5. The second kappa shape index (κ2) is 7.39. The van der Waals surface area contributed by atoms with Gasteiger partial charge in [0.25, 0.3) is 5.91 Å². The number of hydrogen-bond donors (Lipinski definition) is 2. The van der Waals surface area contributed by atoms with Gasteiger partial charge < -0.3 is 15.0 Å². The van der Waals surface area contributed by atoms with Gasteiger partial charge in [0.2, 0.25) is 0 Å². The molecule has 4 nitrogen and oxygen atoms in total. The van der Waals surface area contributed by atoms with Gasteiger partial charge in [0, 0.05) is 23.3 Å². The first kappa shape index (κ1) is 18.7. The standard InChI is InChI=1S/C23H18F2N2O2/c1-14-22(23(29)26-13-15-7-9-19(24)20(25)11-15)18-12-17(28)8-10-21(18)27(14)16-5-3-2-4-6-16/h2-12,28H,13H2,1H3,(H,26,29). The van der Waals surface area contributed by atoms with E-state index in [1.807, 2.05) is 41.8 Å². The molecule has 0 fully saturated rings. The summed E-state index contributed by atoms with van der Waals surface area (Å²) < 4.78 is 28.5. The van der Waals surface area contributed by atoms with Crippen molar-refractivity contribution in [1.82, 2.24) is 9.88 Å². The summed E-state index contributed by atoms with van der Waals surface area (Å²) in [6, 6.07) is 18.0. The van der Waals surface area contributed by atoms with Crippen LogP contribution in [0.3, 0.4) is 0 Å². The number of benzene rings is 3. The quantitative estimate of drug-likeness (QED) is 0.522. The molecule has 0 saturated heterocycles. The molecule has 0 aliphatic carbocycles. The molecule has 1 heterocycles. The molecule has 0 aliphatic heterocycles. The van der Waals surface area contributed by atoms with E-state index >= 15 is 0 Å². The lowest BCUT2D eigenvalue weighted by molar-refractivity contribution is 0.0952. The van der Waals surface area contributed by atoms with Crippen molar-refractivity contribution >= 4 is 16.8 Å². The Balaban J connectivity index is 1.74. The number of nitrogens with zero attached hydrogens (tertiary/aromatic N) is 1. The zero-order valence-electron chi connectivity index (χ0n) is 15.6. The van der Waals surface area contributed by atoms with E-state index in [0.717, 1.165) is 23.3 Å². The Bertz CT molecular complexity index is 1220. The van der Waals surface area contributed by atoms with Gasteiger partial charge in [-0.2, -0.15) is 0 Å². The Morgan fingerprint density at radius 2 is 1.76 bits per heavy atom. The molecule has 29 heavy (non-hydrogen) atoms. The molecule has 3 aromatic carbocycles. The van der Waals surface area contributed by atoms with Crippen LogP contribution in [0.5, 0.6) is 5.75 Å². The molecule has 6 heteroatoms. The predicted molar refractivity (Wildman–Crippen MR) is 107 cm³/mol. The molecule has 0 aliphatic rings. The zero-order valence-corrected chi connectivity index (χ0v) is 15.6. The number of halogens is 2. The molecule has 0 radical (unpaired) electrons. The Labute approximate surface area is 166 Å². The van der Waals surface area contributed by atoms with Crippen molar-refractivity contribution < 1.29 is 18.7 Å². The highest BCUT2D eigenvalue weighted by Gasteiger charge is 2.21. The van der Waals surface area contributed by atoms with Gasteiger partial charge in [0.1, 0.15) is 5.75 Å². The molecule has 0 atom stereocenters. The van der Waals surface area contributed by atoms with Crippen LogP contribution < -0.4 is 5.32 Å². The van der Waals surface area contributed by atoms with Crippen LogP contribution in [0.15, 0.2) is 66.7 Å². The van der Waals surface area contributed by atoms with Crippen molar-refractivity contribution in [2.75, 3.05) is 0 Å². The van der Waals surface area contributed by atoms with Crippen LogP contribution in [0.4, 0.5) is 8.78 Å². The van der Waals surface area contributed by atoms with Gasteiger partial charge in [-0.25, -0.2) is 8.78 Å².